The molecule has 4 nitrogen and oxygen atoms in total. The van der Waals surface area contributed by atoms with Gasteiger partial charge in [-0.25, -0.2) is 4.39 Å². The predicted octanol–water partition coefficient (Wildman–Crippen LogP) is 3.21. The zero-order chi connectivity index (χ0) is 20.1. The van der Waals surface area contributed by atoms with Crippen molar-refractivity contribution in [3.05, 3.63) is 65.0 Å². The summed E-state index contributed by atoms with van der Waals surface area (Å²) in [5.41, 5.74) is 2.32. The van der Waals surface area contributed by atoms with Crippen molar-refractivity contribution < 1.29 is 18.5 Å². The molecule has 0 unspecified atom stereocenters. The van der Waals surface area contributed by atoms with Crippen molar-refractivity contribution in [3.63, 3.8) is 0 Å². The Kier molecular flexibility index (Phi) is 4.59. The Morgan fingerprint density at radius 2 is 1.61 bits per heavy atom. The molecule has 2 aromatic rings. The van der Waals surface area contributed by atoms with E-state index in [1.165, 1.54) is 17.2 Å². The van der Waals surface area contributed by atoms with Crippen molar-refractivity contribution >= 4 is 18.5 Å². The SMILES string of the molecule is CC1(C)OB(c2ccc(CC(=O)N3Cc4ccccc4C3)cc2F)OC1(C)C. The monoisotopic (exact) mass is 381 g/mol. The van der Waals surface area contributed by atoms with E-state index in [4.69, 9.17) is 9.31 Å². The standard InChI is InChI=1S/C22H25BFNO3/c1-21(2)22(3,4)28-23(27-21)18-10-9-15(11-19(18)24)12-20(26)25-13-16-7-5-6-8-17(16)14-25/h5-11H,12-14H2,1-4H3. The van der Waals surface area contributed by atoms with Gasteiger partial charge >= 0.3 is 7.12 Å². The molecule has 2 heterocycles. The molecular formula is C22H25BFNO3. The molecule has 1 fully saturated rings. The molecule has 1 amide bonds. The first-order chi connectivity index (χ1) is 13.2. The fourth-order valence-corrected chi connectivity index (χ4v) is 3.64. The number of amides is 1. The number of fused-ring (bicyclic) bond motifs is 1. The molecule has 0 N–H and O–H groups in total. The summed E-state index contributed by atoms with van der Waals surface area (Å²) < 4.78 is 26.6. The molecule has 2 aliphatic heterocycles. The number of nitrogens with zero attached hydrogens (tertiary/aromatic N) is 1. The third kappa shape index (κ3) is 3.35. The van der Waals surface area contributed by atoms with Crippen LogP contribution in [0.2, 0.25) is 0 Å². The first-order valence-electron chi connectivity index (χ1n) is 9.65. The van der Waals surface area contributed by atoms with Crippen LogP contribution in [-0.4, -0.2) is 29.1 Å². The van der Waals surface area contributed by atoms with E-state index in [1.807, 2.05) is 56.9 Å². The van der Waals surface area contributed by atoms with Gasteiger partial charge in [-0.05, 0) is 50.5 Å². The highest BCUT2D eigenvalue weighted by molar-refractivity contribution is 6.62. The van der Waals surface area contributed by atoms with Crippen molar-refractivity contribution in [1.82, 2.24) is 4.90 Å². The molecule has 2 aliphatic rings. The summed E-state index contributed by atoms with van der Waals surface area (Å²) in [4.78, 5) is 14.5. The van der Waals surface area contributed by atoms with E-state index in [9.17, 15) is 9.18 Å². The number of halogens is 1. The maximum absolute atomic E-state index is 14.8. The summed E-state index contributed by atoms with van der Waals surface area (Å²) in [6.45, 7) is 8.98. The molecule has 6 heteroatoms. The number of hydrogen-bond donors (Lipinski definition) is 0. The van der Waals surface area contributed by atoms with Gasteiger partial charge in [-0.2, -0.15) is 0 Å². The third-order valence-corrected chi connectivity index (χ3v) is 6.12. The largest absolute Gasteiger partial charge is 0.497 e. The molecule has 0 saturated carbocycles. The highest BCUT2D eigenvalue weighted by atomic mass is 19.1. The molecule has 0 aliphatic carbocycles. The fraction of sp³-hybridized carbons (Fsp3) is 0.409. The maximum Gasteiger partial charge on any atom is 0.497 e. The summed E-state index contributed by atoms with van der Waals surface area (Å²) >= 11 is 0. The lowest BCUT2D eigenvalue weighted by Crippen LogP contribution is -2.41. The molecule has 2 aromatic carbocycles. The van der Waals surface area contributed by atoms with Crippen LogP contribution < -0.4 is 5.46 Å². The Labute approximate surface area is 165 Å². The fourth-order valence-electron chi connectivity index (χ4n) is 3.64. The van der Waals surface area contributed by atoms with E-state index in [2.05, 4.69) is 0 Å². The van der Waals surface area contributed by atoms with Gasteiger partial charge in [0.05, 0.1) is 17.6 Å². The third-order valence-electron chi connectivity index (χ3n) is 6.12. The van der Waals surface area contributed by atoms with Gasteiger partial charge < -0.3 is 14.2 Å². The van der Waals surface area contributed by atoms with Crippen LogP contribution in [0.3, 0.4) is 0 Å². The van der Waals surface area contributed by atoms with Gasteiger partial charge in [0.15, 0.2) is 0 Å². The van der Waals surface area contributed by atoms with E-state index in [1.54, 1.807) is 12.1 Å². The Bertz CT molecular complexity index is 887. The number of carbonyl (C=O) groups excluding carboxylic acids is 1. The molecule has 0 atom stereocenters. The van der Waals surface area contributed by atoms with E-state index in [0.717, 1.165) is 0 Å². The summed E-state index contributed by atoms with van der Waals surface area (Å²) in [6, 6.07) is 12.9. The van der Waals surface area contributed by atoms with Crippen LogP contribution in [0.15, 0.2) is 42.5 Å². The average molecular weight is 381 g/mol. The first kappa shape index (κ1) is 19.2. The normalized spacial score (nSPS) is 19.8. The smallest absolute Gasteiger partial charge is 0.399 e. The van der Waals surface area contributed by atoms with Gasteiger partial charge in [0.25, 0.3) is 0 Å². The Hall–Kier alpha value is -2.18. The summed E-state index contributed by atoms with van der Waals surface area (Å²) in [6.07, 6.45) is 0.175. The average Bonchev–Trinajstić information content (AvgIpc) is 3.13. The summed E-state index contributed by atoms with van der Waals surface area (Å²) in [7, 11) is -0.747. The Morgan fingerprint density at radius 3 is 2.14 bits per heavy atom. The van der Waals surface area contributed by atoms with Crippen LogP contribution in [0, 0.1) is 5.82 Å². The van der Waals surface area contributed by atoms with Crippen molar-refractivity contribution in [2.45, 2.75) is 58.4 Å². The zero-order valence-corrected chi connectivity index (χ0v) is 16.8. The molecule has 0 aromatic heterocycles. The summed E-state index contributed by atoms with van der Waals surface area (Å²) in [5, 5.41) is 0. The summed E-state index contributed by atoms with van der Waals surface area (Å²) in [5.74, 6) is -0.410. The second kappa shape index (κ2) is 6.71. The van der Waals surface area contributed by atoms with Gasteiger partial charge in [-0.3, -0.25) is 4.79 Å². The molecular weight excluding hydrogens is 356 g/mol. The van der Waals surface area contributed by atoms with Crippen LogP contribution in [0.25, 0.3) is 0 Å². The molecule has 28 heavy (non-hydrogen) atoms. The van der Waals surface area contributed by atoms with E-state index < -0.39 is 24.1 Å². The predicted molar refractivity (Wildman–Crippen MR) is 107 cm³/mol. The quantitative estimate of drug-likeness (QED) is 0.767. The molecule has 146 valence electrons. The van der Waals surface area contributed by atoms with Crippen LogP contribution >= 0.6 is 0 Å². The molecule has 0 bridgehead atoms. The van der Waals surface area contributed by atoms with Gasteiger partial charge in [0.1, 0.15) is 5.82 Å². The number of benzene rings is 2. The minimum atomic E-state index is -0.747. The minimum Gasteiger partial charge on any atom is -0.399 e. The van der Waals surface area contributed by atoms with Crippen molar-refractivity contribution in [2.24, 2.45) is 0 Å². The molecule has 1 saturated heterocycles. The highest BCUT2D eigenvalue weighted by Gasteiger charge is 2.52. The zero-order valence-electron chi connectivity index (χ0n) is 16.8. The second-order valence-corrected chi connectivity index (χ2v) is 8.64. The van der Waals surface area contributed by atoms with E-state index in [0.29, 0.717) is 24.1 Å². The Balaban J connectivity index is 1.45. The lowest BCUT2D eigenvalue weighted by Gasteiger charge is -2.32. The van der Waals surface area contributed by atoms with Crippen molar-refractivity contribution in [1.29, 1.82) is 0 Å². The van der Waals surface area contributed by atoms with Crippen LogP contribution in [-0.2, 0) is 33.6 Å². The lowest BCUT2D eigenvalue weighted by molar-refractivity contribution is -0.131. The first-order valence-corrected chi connectivity index (χ1v) is 9.65. The molecule has 0 radical (unpaired) electrons. The lowest BCUT2D eigenvalue weighted by atomic mass is 9.78. The van der Waals surface area contributed by atoms with Gasteiger partial charge in [-0.1, -0.05) is 36.4 Å². The minimum absolute atomic E-state index is 0.000942. The van der Waals surface area contributed by atoms with Crippen LogP contribution in [0.1, 0.15) is 44.4 Å². The van der Waals surface area contributed by atoms with Gasteiger partial charge in [0, 0.05) is 18.6 Å². The van der Waals surface area contributed by atoms with Crippen LogP contribution in [0.4, 0.5) is 4.39 Å². The molecule has 4 rings (SSSR count). The van der Waals surface area contributed by atoms with Crippen molar-refractivity contribution in [3.8, 4) is 0 Å². The van der Waals surface area contributed by atoms with E-state index in [-0.39, 0.29) is 12.3 Å². The number of hydrogen-bond acceptors (Lipinski definition) is 3. The number of rotatable bonds is 3. The van der Waals surface area contributed by atoms with E-state index >= 15 is 0 Å². The van der Waals surface area contributed by atoms with Gasteiger partial charge in [0.2, 0.25) is 5.91 Å². The Morgan fingerprint density at radius 1 is 1.04 bits per heavy atom. The second-order valence-electron chi connectivity index (χ2n) is 8.64. The maximum atomic E-state index is 14.8. The van der Waals surface area contributed by atoms with Crippen molar-refractivity contribution in [2.75, 3.05) is 0 Å². The van der Waals surface area contributed by atoms with Gasteiger partial charge in [-0.15, -0.1) is 0 Å². The van der Waals surface area contributed by atoms with Crippen LogP contribution in [0.5, 0.6) is 0 Å². The highest BCUT2D eigenvalue weighted by Crippen LogP contribution is 2.36. The molecule has 0 spiro atoms. The number of carbonyl (C=O) groups is 1. The topological polar surface area (TPSA) is 38.8 Å².